The SMILES string of the molecule is O=C([O-])[O-].[Al+3].[Al+3].[OH-].[OH-].[OH-].[OH-].[OH-].[OH-].[OH-].[OH-].[OH-].[OH-].[OH-].[OH-].[Zn+2].[Zn+2].[Zn+2].[Zn+2]. The molecule has 0 atom stereocenters. The second-order valence-electron chi connectivity index (χ2n) is 0.250. The molecule has 0 unspecified atom stereocenters. The number of carbonyl (C=O) groups excluding carboxylic acids is 1. The van der Waals surface area contributed by atoms with Crippen LogP contribution in [0.15, 0.2) is 0 Å². The van der Waals surface area contributed by atoms with Crippen molar-refractivity contribution in [1.82, 2.24) is 0 Å². The molecule has 120 valence electrons. The van der Waals surface area contributed by atoms with Crippen molar-refractivity contribution in [3.05, 3.63) is 0 Å². The number of hydrogen-bond acceptors (Lipinski definition) is 15. The van der Waals surface area contributed by atoms with Crippen LogP contribution >= 0.6 is 0 Å². The van der Waals surface area contributed by atoms with Crippen molar-refractivity contribution in [1.29, 1.82) is 0 Å². The Kier molecular flexibility index (Phi) is 8600. The number of carboxylic acid groups (broad SMARTS) is 2. The zero-order valence-corrected chi connectivity index (χ0v) is 25.3. The normalized spacial score (nSPS) is 1.09. The molecular weight excluding hydrogens is 568 g/mol. The van der Waals surface area contributed by atoms with E-state index < -0.39 is 6.16 Å². The van der Waals surface area contributed by atoms with Gasteiger partial charge in [-0.1, -0.05) is 0 Å². The van der Waals surface area contributed by atoms with Crippen LogP contribution < -0.4 is 10.2 Å². The Morgan fingerprint density at radius 3 is 0.409 bits per heavy atom. The first-order valence-electron chi connectivity index (χ1n) is 0.612. The van der Waals surface area contributed by atoms with Crippen molar-refractivity contribution in [3.63, 3.8) is 0 Å². The van der Waals surface area contributed by atoms with Crippen molar-refractivity contribution in [2.75, 3.05) is 0 Å². The van der Waals surface area contributed by atoms with Crippen LogP contribution in [0.1, 0.15) is 0 Å². The molecular formula is CH12Al2O15Zn4. The Bertz CT molecular complexity index is 52.5. The minimum absolute atomic E-state index is 0. The first-order chi connectivity index (χ1) is 1.73. The summed E-state index contributed by atoms with van der Waals surface area (Å²) in [4.78, 5) is 8.33. The van der Waals surface area contributed by atoms with Gasteiger partial charge in [0.1, 0.15) is 0 Å². The first-order valence-corrected chi connectivity index (χ1v) is 0.612. The van der Waals surface area contributed by atoms with Crippen LogP contribution in [-0.2, 0) is 77.9 Å². The first kappa shape index (κ1) is 464. The Morgan fingerprint density at radius 1 is 0.409 bits per heavy atom. The van der Waals surface area contributed by atoms with E-state index in [4.69, 9.17) is 15.0 Å². The van der Waals surface area contributed by atoms with E-state index in [0.717, 1.165) is 0 Å². The molecule has 22 heavy (non-hydrogen) atoms. The standard InChI is InChI=1S/CH2O3.2Al.12H2O.4Zn/c2-1(3)4;;;;;;;;;;;;;;;;;;/h(H2,2,3,4);;;12*1H2;;;;/q;2*+3;;;;;;;;;;;;;4*+2/p-14. The Labute approximate surface area is 198 Å². The average molecular weight is 580 g/mol. The van der Waals surface area contributed by atoms with Crippen molar-refractivity contribution >= 4 is 40.9 Å². The Morgan fingerprint density at radius 2 is 0.409 bits per heavy atom. The van der Waals surface area contributed by atoms with Gasteiger partial charge in [0.05, 0.1) is 0 Å². The van der Waals surface area contributed by atoms with E-state index in [1.807, 2.05) is 0 Å². The van der Waals surface area contributed by atoms with Gasteiger partial charge in [-0.3, -0.25) is 0 Å². The monoisotopic (exact) mass is 574 g/mol. The fourth-order valence-electron chi connectivity index (χ4n) is 0. The van der Waals surface area contributed by atoms with Crippen LogP contribution in [0.4, 0.5) is 4.79 Å². The largest absolute Gasteiger partial charge is 3.00 e. The molecule has 0 fully saturated rings. The molecule has 0 aromatic heterocycles. The summed E-state index contributed by atoms with van der Waals surface area (Å²) >= 11 is 0. The molecule has 0 amide bonds. The van der Waals surface area contributed by atoms with Crippen molar-refractivity contribution in [2.24, 2.45) is 0 Å². The summed E-state index contributed by atoms with van der Waals surface area (Å²) in [7, 11) is 0. The van der Waals surface area contributed by atoms with Crippen LogP contribution in [0.2, 0.25) is 0 Å². The molecule has 0 radical (unpaired) electrons. The Hall–Kier alpha value is 2.35. The second-order valence-corrected chi connectivity index (χ2v) is 0.250. The smallest absolute Gasteiger partial charge is 0.870 e. The van der Waals surface area contributed by atoms with Gasteiger partial charge in [-0.25, -0.2) is 0 Å². The fraction of sp³-hybridized carbons (Fsp3) is 0. The van der Waals surface area contributed by atoms with Crippen LogP contribution in [0.3, 0.4) is 0 Å². The molecule has 15 nitrogen and oxygen atoms in total. The number of hydrogen-bond donors (Lipinski definition) is 0. The van der Waals surface area contributed by atoms with Gasteiger partial charge >= 0.3 is 113 Å². The van der Waals surface area contributed by atoms with Crippen LogP contribution in [0.25, 0.3) is 0 Å². The molecule has 0 aromatic carbocycles. The number of rotatable bonds is 0. The topological polar surface area (TPSA) is 423 Å². The summed E-state index contributed by atoms with van der Waals surface area (Å²) in [5.74, 6) is 0. The molecule has 0 aliphatic heterocycles. The summed E-state index contributed by atoms with van der Waals surface area (Å²) in [6.45, 7) is 0. The van der Waals surface area contributed by atoms with Gasteiger partial charge in [-0.05, 0) is 6.16 Å². The van der Waals surface area contributed by atoms with Gasteiger partial charge in [0.2, 0.25) is 0 Å². The van der Waals surface area contributed by atoms with Crippen LogP contribution in [-0.4, -0.2) is 107 Å². The Balaban J connectivity index is -0.000000000294. The third-order valence-electron chi connectivity index (χ3n) is 0. The average Bonchev–Trinajstić information content (AvgIpc) is 0.811. The molecule has 0 saturated heterocycles. The molecule has 0 heterocycles. The third kappa shape index (κ3) is 1850. The van der Waals surface area contributed by atoms with E-state index in [1.54, 1.807) is 0 Å². The van der Waals surface area contributed by atoms with Crippen molar-refractivity contribution < 1.29 is 159 Å². The zero-order valence-electron chi connectivity index (χ0n) is 11.1. The van der Waals surface area contributed by atoms with Crippen LogP contribution in [0, 0.1) is 0 Å². The maximum absolute atomic E-state index is 8.33. The van der Waals surface area contributed by atoms with Crippen LogP contribution in [0.5, 0.6) is 0 Å². The summed E-state index contributed by atoms with van der Waals surface area (Å²) in [6, 6.07) is 0. The van der Waals surface area contributed by atoms with Gasteiger partial charge in [-0.15, -0.1) is 0 Å². The van der Waals surface area contributed by atoms with E-state index in [0.29, 0.717) is 0 Å². The van der Waals surface area contributed by atoms with Crippen molar-refractivity contribution in [3.8, 4) is 0 Å². The van der Waals surface area contributed by atoms with Gasteiger partial charge in [-0.2, -0.15) is 0 Å². The number of carbonyl (C=O) groups is 1. The molecule has 0 saturated carbocycles. The summed E-state index contributed by atoms with van der Waals surface area (Å²) in [5, 5.41) is 16.7. The van der Waals surface area contributed by atoms with E-state index >= 15 is 0 Å². The summed E-state index contributed by atoms with van der Waals surface area (Å²) < 4.78 is 0. The zero-order chi connectivity index (χ0) is 3.58. The minimum atomic E-state index is -2.33. The molecule has 0 aliphatic carbocycles. The third-order valence-corrected chi connectivity index (χ3v) is 0. The molecule has 12 N–H and O–H groups in total. The molecule has 21 heteroatoms. The summed E-state index contributed by atoms with van der Waals surface area (Å²) in [5.41, 5.74) is 0. The molecule has 0 aromatic rings. The summed E-state index contributed by atoms with van der Waals surface area (Å²) in [6.07, 6.45) is -2.33. The maximum atomic E-state index is 8.33. The van der Waals surface area contributed by atoms with Gasteiger partial charge in [0.25, 0.3) is 0 Å². The van der Waals surface area contributed by atoms with E-state index in [1.165, 1.54) is 0 Å². The molecule has 0 bridgehead atoms. The quantitative estimate of drug-likeness (QED) is 0.242. The van der Waals surface area contributed by atoms with Crippen molar-refractivity contribution in [2.45, 2.75) is 0 Å². The predicted octanol–water partition coefficient (Wildman–Crippen LogP) is -5.34. The molecule has 0 rings (SSSR count). The van der Waals surface area contributed by atoms with E-state index in [-0.39, 0.29) is 178 Å². The molecule has 0 aliphatic rings. The van der Waals surface area contributed by atoms with Gasteiger partial charge in [0, 0.05) is 0 Å². The van der Waals surface area contributed by atoms with E-state index in [2.05, 4.69) is 0 Å². The minimum Gasteiger partial charge on any atom is -0.870 e. The fourth-order valence-corrected chi connectivity index (χ4v) is 0. The predicted molar refractivity (Wildman–Crippen MR) is 40.1 cm³/mol. The van der Waals surface area contributed by atoms with E-state index in [9.17, 15) is 0 Å². The maximum Gasteiger partial charge on any atom is 3.00 e. The van der Waals surface area contributed by atoms with Gasteiger partial charge in [0.15, 0.2) is 0 Å². The molecule has 0 spiro atoms. The van der Waals surface area contributed by atoms with Gasteiger partial charge < -0.3 is 80.7 Å². The second kappa shape index (κ2) is 408.